The van der Waals surface area contributed by atoms with Crippen molar-refractivity contribution < 1.29 is 13.6 Å². The summed E-state index contributed by atoms with van der Waals surface area (Å²) in [6.07, 6.45) is 0.739. The number of rotatable bonds is 4. The summed E-state index contributed by atoms with van der Waals surface area (Å²) in [4.78, 5) is 17.2. The number of nitrogens with one attached hydrogen (secondary N) is 2. The molecule has 162 valence electrons. The van der Waals surface area contributed by atoms with Crippen molar-refractivity contribution in [1.29, 1.82) is 0 Å². The lowest BCUT2D eigenvalue weighted by atomic mass is 9.86. The van der Waals surface area contributed by atoms with E-state index in [1.165, 1.54) is 6.07 Å². The van der Waals surface area contributed by atoms with Gasteiger partial charge in [0.05, 0.1) is 11.0 Å². The molecule has 0 saturated carbocycles. The van der Waals surface area contributed by atoms with Crippen molar-refractivity contribution in [2.45, 2.75) is 31.8 Å². The molecule has 5 nitrogen and oxygen atoms in total. The number of halogens is 4. The minimum atomic E-state index is -0.860. The van der Waals surface area contributed by atoms with Crippen LogP contribution in [0, 0.1) is 18.6 Å². The molecule has 2 aromatic carbocycles. The number of hydrogen-bond acceptors (Lipinski definition) is 3. The van der Waals surface area contributed by atoms with Crippen molar-refractivity contribution >= 4 is 41.8 Å². The predicted octanol–water partition coefficient (Wildman–Crippen LogP) is 3.73. The Morgan fingerprint density at radius 3 is 2.73 bits per heavy atom. The number of carbonyl (C=O) groups excluding carboxylic acids is 1. The zero-order valence-electron chi connectivity index (χ0n) is 16.4. The number of imidazole rings is 1. The molecule has 2 N–H and O–H groups in total. The van der Waals surface area contributed by atoms with Gasteiger partial charge in [-0.3, -0.25) is 4.79 Å². The summed E-state index contributed by atoms with van der Waals surface area (Å²) in [7, 11) is 0. The van der Waals surface area contributed by atoms with Gasteiger partial charge in [-0.15, -0.1) is 24.8 Å². The highest BCUT2D eigenvalue weighted by molar-refractivity contribution is 5.85. The van der Waals surface area contributed by atoms with E-state index in [1.54, 1.807) is 6.07 Å². The molecule has 0 radical (unpaired) electrons. The summed E-state index contributed by atoms with van der Waals surface area (Å²) in [5.74, 6) is -1.15. The molecule has 4 rings (SSSR count). The van der Waals surface area contributed by atoms with Crippen molar-refractivity contribution in [2.75, 3.05) is 13.1 Å². The van der Waals surface area contributed by atoms with Crippen LogP contribution in [-0.2, 0) is 11.3 Å². The van der Waals surface area contributed by atoms with Gasteiger partial charge in [0.2, 0.25) is 5.91 Å². The number of piperidine rings is 1. The van der Waals surface area contributed by atoms with E-state index in [2.05, 4.69) is 15.6 Å². The maximum Gasteiger partial charge on any atom is 0.240 e. The fourth-order valence-electron chi connectivity index (χ4n) is 3.94. The summed E-state index contributed by atoms with van der Waals surface area (Å²) in [5.41, 5.74) is 2.47. The van der Waals surface area contributed by atoms with Gasteiger partial charge < -0.3 is 15.2 Å². The van der Waals surface area contributed by atoms with Crippen molar-refractivity contribution in [3.05, 3.63) is 65.5 Å². The zero-order valence-corrected chi connectivity index (χ0v) is 18.0. The third-order valence-corrected chi connectivity index (χ3v) is 5.35. The van der Waals surface area contributed by atoms with Crippen LogP contribution in [0.4, 0.5) is 8.78 Å². The number of aromatic nitrogens is 2. The van der Waals surface area contributed by atoms with Gasteiger partial charge in [-0.25, -0.2) is 13.8 Å². The molecular weight excluding hydrogens is 433 g/mol. The van der Waals surface area contributed by atoms with Gasteiger partial charge in [-0.05, 0) is 49.7 Å². The number of nitrogens with zero attached hydrogens (tertiary/aromatic N) is 2. The molecule has 1 amide bonds. The Bertz CT molecular complexity index is 1030. The lowest BCUT2D eigenvalue weighted by molar-refractivity contribution is -0.122. The highest BCUT2D eigenvalue weighted by Gasteiger charge is 2.28. The summed E-state index contributed by atoms with van der Waals surface area (Å²) < 4.78 is 28.8. The number of carbonyl (C=O) groups is 1. The van der Waals surface area contributed by atoms with Crippen LogP contribution in [0.2, 0.25) is 0 Å². The molecular formula is C21H24Cl2F2N4O. The Balaban J connectivity index is 0.00000160. The van der Waals surface area contributed by atoms with E-state index in [-0.39, 0.29) is 49.2 Å². The largest absolute Gasteiger partial charge is 0.350 e. The van der Waals surface area contributed by atoms with E-state index in [0.29, 0.717) is 12.1 Å². The lowest BCUT2D eigenvalue weighted by Gasteiger charge is -2.33. The molecule has 1 aromatic heterocycles. The quantitative estimate of drug-likeness (QED) is 0.628. The monoisotopic (exact) mass is 456 g/mol. The van der Waals surface area contributed by atoms with Gasteiger partial charge in [0.15, 0.2) is 11.6 Å². The van der Waals surface area contributed by atoms with Gasteiger partial charge >= 0.3 is 0 Å². The van der Waals surface area contributed by atoms with Crippen molar-refractivity contribution in [3.8, 4) is 0 Å². The van der Waals surface area contributed by atoms with E-state index in [9.17, 15) is 13.6 Å². The summed E-state index contributed by atoms with van der Waals surface area (Å²) in [6, 6.07) is 11.5. The standard InChI is InChI=1S/C21H22F2N4O.2ClH/c1-13-25-18-4-2-3-5-20(18)27(13)12-21(28)26-19-11-24-9-8-15(19)14-6-7-16(22)17(23)10-14;;/h2-7,10,15,19,24H,8-9,11-12H2,1H3,(H,26,28);2*1H. The number of benzene rings is 2. The second-order valence-electron chi connectivity index (χ2n) is 7.18. The topological polar surface area (TPSA) is 59.0 Å². The first-order chi connectivity index (χ1) is 13.5. The smallest absolute Gasteiger partial charge is 0.240 e. The molecule has 0 spiro atoms. The molecule has 0 bridgehead atoms. The Kier molecular flexibility index (Phi) is 8.18. The molecule has 1 aliphatic heterocycles. The Hall–Kier alpha value is -2.22. The summed E-state index contributed by atoms with van der Waals surface area (Å²) >= 11 is 0. The predicted molar refractivity (Wildman–Crippen MR) is 117 cm³/mol. The lowest BCUT2D eigenvalue weighted by Crippen LogP contribution is -2.50. The maximum atomic E-state index is 13.7. The molecule has 3 aromatic rings. The van der Waals surface area contributed by atoms with Crippen LogP contribution in [0.15, 0.2) is 42.5 Å². The zero-order chi connectivity index (χ0) is 19.7. The van der Waals surface area contributed by atoms with E-state index in [1.807, 2.05) is 35.8 Å². The third kappa shape index (κ3) is 4.91. The Morgan fingerprint density at radius 2 is 1.97 bits per heavy atom. The Labute approximate surface area is 186 Å². The first kappa shape index (κ1) is 24.1. The number of aryl methyl sites for hydroxylation is 1. The fraction of sp³-hybridized carbons (Fsp3) is 0.333. The van der Waals surface area contributed by atoms with Crippen molar-refractivity contribution in [3.63, 3.8) is 0 Å². The highest BCUT2D eigenvalue weighted by atomic mass is 35.5. The van der Waals surface area contributed by atoms with Crippen LogP contribution in [0.3, 0.4) is 0 Å². The second kappa shape index (κ2) is 10.2. The molecule has 1 saturated heterocycles. The summed E-state index contributed by atoms with van der Waals surface area (Å²) in [6.45, 7) is 3.38. The molecule has 1 aliphatic rings. The van der Waals surface area contributed by atoms with Crippen molar-refractivity contribution in [2.24, 2.45) is 0 Å². The highest BCUT2D eigenvalue weighted by Crippen LogP contribution is 2.27. The molecule has 30 heavy (non-hydrogen) atoms. The van der Waals surface area contributed by atoms with Gasteiger partial charge in [-0.1, -0.05) is 18.2 Å². The van der Waals surface area contributed by atoms with Crippen LogP contribution < -0.4 is 10.6 Å². The average Bonchev–Trinajstić information content (AvgIpc) is 3.00. The number of fused-ring (bicyclic) bond motifs is 1. The van der Waals surface area contributed by atoms with Crippen LogP contribution in [0.5, 0.6) is 0 Å². The SMILES string of the molecule is Cc1nc2ccccc2n1CC(=O)NC1CNCCC1c1ccc(F)c(F)c1.Cl.Cl. The number of amides is 1. The summed E-state index contributed by atoms with van der Waals surface area (Å²) in [5, 5.41) is 6.33. The van der Waals surface area contributed by atoms with Gasteiger partial charge in [0.1, 0.15) is 12.4 Å². The van der Waals surface area contributed by atoms with Crippen molar-refractivity contribution in [1.82, 2.24) is 20.2 Å². The number of para-hydroxylation sites is 2. The van der Waals surface area contributed by atoms with Crippen LogP contribution >= 0.6 is 24.8 Å². The van der Waals surface area contributed by atoms with E-state index >= 15 is 0 Å². The number of hydrogen-bond donors (Lipinski definition) is 2. The molecule has 1 fully saturated rings. The van der Waals surface area contributed by atoms with Gasteiger partial charge in [0, 0.05) is 18.5 Å². The van der Waals surface area contributed by atoms with Crippen LogP contribution in [-0.4, -0.2) is 34.6 Å². The maximum absolute atomic E-state index is 13.7. The minimum Gasteiger partial charge on any atom is -0.350 e. The van der Waals surface area contributed by atoms with Crippen LogP contribution in [0.25, 0.3) is 11.0 Å². The molecule has 2 unspecified atom stereocenters. The average molecular weight is 457 g/mol. The second-order valence-corrected chi connectivity index (χ2v) is 7.18. The third-order valence-electron chi connectivity index (χ3n) is 5.35. The first-order valence-electron chi connectivity index (χ1n) is 9.40. The van der Waals surface area contributed by atoms with Gasteiger partial charge in [0.25, 0.3) is 0 Å². The molecule has 2 atom stereocenters. The van der Waals surface area contributed by atoms with E-state index in [4.69, 9.17) is 0 Å². The minimum absolute atomic E-state index is 0. The van der Waals surface area contributed by atoms with E-state index < -0.39 is 11.6 Å². The normalized spacial score (nSPS) is 18.4. The van der Waals surface area contributed by atoms with Crippen LogP contribution in [0.1, 0.15) is 23.7 Å². The van der Waals surface area contributed by atoms with Gasteiger partial charge in [-0.2, -0.15) is 0 Å². The Morgan fingerprint density at radius 1 is 1.20 bits per heavy atom. The molecule has 9 heteroatoms. The first-order valence-corrected chi connectivity index (χ1v) is 9.40. The molecule has 2 heterocycles. The fourth-order valence-corrected chi connectivity index (χ4v) is 3.94. The molecule has 0 aliphatic carbocycles. The van der Waals surface area contributed by atoms with E-state index in [0.717, 1.165) is 35.9 Å².